The fraction of sp³-hybridized carbons (Fsp3) is 0.714. The maximum absolute atomic E-state index is 6.11. The van der Waals surface area contributed by atoms with Crippen molar-refractivity contribution in [1.29, 1.82) is 0 Å². The molecular formula is C21H36O5. The minimum Gasteiger partial charge on any atom is -0.487 e. The van der Waals surface area contributed by atoms with Crippen molar-refractivity contribution in [2.45, 2.75) is 99.8 Å². The number of rotatable bonds is 10. The molecule has 5 nitrogen and oxygen atoms in total. The van der Waals surface area contributed by atoms with Gasteiger partial charge in [-0.1, -0.05) is 0 Å². The molecule has 1 rings (SSSR count). The van der Waals surface area contributed by atoms with E-state index in [9.17, 15) is 0 Å². The third kappa shape index (κ3) is 6.85. The highest BCUT2D eigenvalue weighted by Gasteiger charge is 2.27. The van der Waals surface area contributed by atoms with Crippen molar-refractivity contribution in [1.82, 2.24) is 0 Å². The summed E-state index contributed by atoms with van der Waals surface area (Å²) in [6, 6.07) is 1.84. The lowest BCUT2D eigenvalue weighted by atomic mass is 10.2. The first-order valence-electron chi connectivity index (χ1n) is 9.55. The van der Waals surface area contributed by atoms with E-state index in [0.29, 0.717) is 28.7 Å². The Hall–Kier alpha value is -1.78. The summed E-state index contributed by atoms with van der Waals surface area (Å²) in [6.07, 6.45) is -0.161. The summed E-state index contributed by atoms with van der Waals surface area (Å²) in [4.78, 5) is 0. The molecule has 0 unspecified atom stereocenters. The Bertz CT molecular complexity index is 520. The lowest BCUT2D eigenvalue weighted by molar-refractivity contribution is 0.151. The van der Waals surface area contributed by atoms with Crippen LogP contribution in [-0.2, 0) is 0 Å². The van der Waals surface area contributed by atoms with Crippen molar-refractivity contribution < 1.29 is 23.7 Å². The van der Waals surface area contributed by atoms with Gasteiger partial charge < -0.3 is 23.7 Å². The molecule has 0 amide bonds. The highest BCUT2D eigenvalue weighted by Crippen LogP contribution is 2.52. The Morgan fingerprint density at radius 3 is 0.962 bits per heavy atom. The SMILES string of the molecule is CC(C)Oc1cc(OC(C)C)c(OC(C)C)c(OC(C)C)c1OC(C)C. The van der Waals surface area contributed by atoms with E-state index in [1.54, 1.807) is 0 Å². The molecule has 1 aromatic rings. The van der Waals surface area contributed by atoms with Crippen LogP contribution in [0.2, 0.25) is 0 Å². The van der Waals surface area contributed by atoms with Crippen LogP contribution in [-0.4, -0.2) is 30.5 Å². The zero-order valence-corrected chi connectivity index (χ0v) is 18.0. The van der Waals surface area contributed by atoms with Gasteiger partial charge >= 0.3 is 0 Å². The third-order valence-corrected chi connectivity index (χ3v) is 2.91. The predicted octanol–water partition coefficient (Wildman–Crippen LogP) is 5.62. The van der Waals surface area contributed by atoms with Crippen LogP contribution in [0.4, 0.5) is 0 Å². The first-order chi connectivity index (χ1) is 12.0. The molecule has 0 aliphatic heterocycles. The van der Waals surface area contributed by atoms with Gasteiger partial charge in [-0.2, -0.15) is 0 Å². The zero-order chi connectivity index (χ0) is 20.0. The van der Waals surface area contributed by atoms with E-state index in [0.717, 1.165) is 0 Å². The number of ether oxygens (including phenoxy) is 5. The second kappa shape index (κ2) is 9.79. The maximum atomic E-state index is 6.11. The van der Waals surface area contributed by atoms with Gasteiger partial charge in [-0.05, 0) is 69.2 Å². The van der Waals surface area contributed by atoms with Gasteiger partial charge in [-0.15, -0.1) is 0 Å². The highest BCUT2D eigenvalue weighted by atomic mass is 16.6. The topological polar surface area (TPSA) is 46.2 Å². The zero-order valence-electron chi connectivity index (χ0n) is 18.0. The molecule has 0 aliphatic rings. The lowest BCUT2D eigenvalue weighted by Crippen LogP contribution is -2.17. The van der Waals surface area contributed by atoms with E-state index in [4.69, 9.17) is 23.7 Å². The fourth-order valence-electron chi connectivity index (χ4n) is 2.30. The van der Waals surface area contributed by atoms with E-state index in [2.05, 4.69) is 0 Å². The van der Waals surface area contributed by atoms with Gasteiger partial charge in [0.05, 0.1) is 30.5 Å². The van der Waals surface area contributed by atoms with Crippen LogP contribution in [0.1, 0.15) is 69.2 Å². The van der Waals surface area contributed by atoms with Crippen LogP contribution in [0.3, 0.4) is 0 Å². The quantitative estimate of drug-likeness (QED) is 0.536. The molecule has 0 radical (unpaired) electrons. The Morgan fingerprint density at radius 1 is 0.423 bits per heavy atom. The molecule has 0 atom stereocenters. The number of hydrogen-bond acceptors (Lipinski definition) is 5. The maximum Gasteiger partial charge on any atom is 0.211 e. The van der Waals surface area contributed by atoms with Crippen LogP contribution in [0.25, 0.3) is 0 Å². The Morgan fingerprint density at radius 2 is 0.692 bits per heavy atom. The van der Waals surface area contributed by atoms with Crippen molar-refractivity contribution in [2.75, 3.05) is 0 Å². The molecule has 5 heteroatoms. The van der Waals surface area contributed by atoms with Gasteiger partial charge in [0.25, 0.3) is 0 Å². The van der Waals surface area contributed by atoms with Crippen LogP contribution in [0.15, 0.2) is 6.07 Å². The van der Waals surface area contributed by atoms with Gasteiger partial charge in [-0.3, -0.25) is 0 Å². The Labute approximate surface area is 158 Å². The number of hydrogen-bond donors (Lipinski definition) is 0. The van der Waals surface area contributed by atoms with Crippen molar-refractivity contribution in [3.8, 4) is 28.7 Å². The minimum absolute atomic E-state index is 0.0137. The molecule has 0 saturated carbocycles. The van der Waals surface area contributed by atoms with Gasteiger partial charge in [-0.25, -0.2) is 0 Å². The van der Waals surface area contributed by atoms with Gasteiger partial charge in [0.1, 0.15) is 0 Å². The van der Waals surface area contributed by atoms with Crippen LogP contribution in [0.5, 0.6) is 28.7 Å². The van der Waals surface area contributed by atoms with Gasteiger partial charge in [0.15, 0.2) is 11.5 Å². The summed E-state index contributed by atoms with van der Waals surface area (Å²) in [5, 5.41) is 0. The van der Waals surface area contributed by atoms with Crippen molar-refractivity contribution in [3.05, 3.63) is 6.07 Å². The summed E-state index contributed by atoms with van der Waals surface area (Å²) in [7, 11) is 0. The molecule has 26 heavy (non-hydrogen) atoms. The molecule has 0 spiro atoms. The normalized spacial score (nSPS) is 11.7. The third-order valence-electron chi connectivity index (χ3n) is 2.91. The van der Waals surface area contributed by atoms with E-state index < -0.39 is 0 Å². The summed E-state index contributed by atoms with van der Waals surface area (Å²) in [6.45, 7) is 19.7. The van der Waals surface area contributed by atoms with Gasteiger partial charge in [0, 0.05) is 6.07 Å². The van der Waals surface area contributed by atoms with Crippen LogP contribution >= 0.6 is 0 Å². The first kappa shape index (κ1) is 22.3. The second-order valence-corrected chi connectivity index (χ2v) is 7.69. The monoisotopic (exact) mass is 368 g/mol. The number of benzene rings is 1. The molecule has 0 aromatic heterocycles. The van der Waals surface area contributed by atoms with Crippen LogP contribution < -0.4 is 23.7 Å². The average Bonchev–Trinajstić information content (AvgIpc) is 2.44. The summed E-state index contributed by atoms with van der Waals surface area (Å²) < 4.78 is 30.3. The molecular weight excluding hydrogens is 332 g/mol. The second-order valence-electron chi connectivity index (χ2n) is 7.69. The first-order valence-corrected chi connectivity index (χ1v) is 9.55. The minimum atomic E-state index is -0.0553. The molecule has 0 fully saturated rings. The molecule has 0 saturated heterocycles. The lowest BCUT2D eigenvalue weighted by Gasteiger charge is -2.26. The summed E-state index contributed by atoms with van der Waals surface area (Å²) >= 11 is 0. The van der Waals surface area contributed by atoms with E-state index in [1.807, 2.05) is 75.3 Å². The highest BCUT2D eigenvalue weighted by molar-refractivity contribution is 5.66. The largest absolute Gasteiger partial charge is 0.487 e. The van der Waals surface area contributed by atoms with Gasteiger partial charge in [0.2, 0.25) is 17.2 Å². The standard InChI is InChI=1S/C21H36O5/c1-12(2)22-17-11-18(23-13(3)4)20(25-15(7)8)21(26-16(9)10)19(17)24-14(5)6/h11-16H,1-10H3. The molecule has 150 valence electrons. The van der Waals surface area contributed by atoms with Crippen molar-refractivity contribution in [3.63, 3.8) is 0 Å². The van der Waals surface area contributed by atoms with Crippen LogP contribution in [0, 0.1) is 0 Å². The van der Waals surface area contributed by atoms with E-state index in [-0.39, 0.29) is 30.5 Å². The molecule has 0 aliphatic carbocycles. The molecule has 1 aromatic carbocycles. The average molecular weight is 369 g/mol. The Balaban J connectivity index is 3.68. The smallest absolute Gasteiger partial charge is 0.211 e. The van der Waals surface area contributed by atoms with E-state index in [1.165, 1.54) is 0 Å². The Kier molecular flexibility index (Phi) is 8.38. The summed E-state index contributed by atoms with van der Waals surface area (Å²) in [5.74, 6) is 2.81. The predicted molar refractivity (Wildman–Crippen MR) is 105 cm³/mol. The van der Waals surface area contributed by atoms with E-state index >= 15 is 0 Å². The molecule has 0 heterocycles. The molecule has 0 bridgehead atoms. The summed E-state index contributed by atoms with van der Waals surface area (Å²) in [5.41, 5.74) is 0. The van der Waals surface area contributed by atoms with Crippen molar-refractivity contribution >= 4 is 0 Å². The fourth-order valence-corrected chi connectivity index (χ4v) is 2.30. The van der Waals surface area contributed by atoms with Crippen molar-refractivity contribution in [2.24, 2.45) is 0 Å². The molecule has 0 N–H and O–H groups in total.